The quantitative estimate of drug-likeness (QED) is 0.0229. The molecule has 0 saturated carbocycles. The Morgan fingerprint density at radius 1 is 0.617 bits per heavy atom. The van der Waals surface area contributed by atoms with Gasteiger partial charge in [-0.3, -0.25) is 13.7 Å². The summed E-state index contributed by atoms with van der Waals surface area (Å²) in [4.78, 5) is 26.4. The Morgan fingerprint density at radius 2 is 1.03 bits per heavy atom. The van der Waals surface area contributed by atoms with E-state index in [1.165, 1.54) is 41.2 Å². The Labute approximate surface area is 366 Å². The predicted octanol–water partition coefficient (Wildman–Crippen LogP) is -1.55. The Morgan fingerprint density at radius 3 is 1.43 bits per heavy atom. The average molecular weight is 912 g/mol. The summed E-state index contributed by atoms with van der Waals surface area (Å²) in [5.74, 6) is -1.35. The van der Waals surface area contributed by atoms with Crippen molar-refractivity contribution >= 4 is 113 Å². The molecule has 0 unspecified atom stereocenters. The Hall–Kier alpha value is -4.43. The monoisotopic (exact) mass is 911 g/mol. The third kappa shape index (κ3) is 14.9. The van der Waals surface area contributed by atoms with Crippen LogP contribution in [0.1, 0.15) is 11.1 Å². The van der Waals surface area contributed by atoms with Crippen LogP contribution in [0.25, 0.3) is 12.2 Å². The molecular formula is C31H42N11NaO14S3. The van der Waals surface area contributed by atoms with Crippen LogP contribution in [0.3, 0.4) is 0 Å². The van der Waals surface area contributed by atoms with Crippen LogP contribution in [0.4, 0.5) is 41.1 Å². The van der Waals surface area contributed by atoms with E-state index in [1.54, 1.807) is 0 Å². The molecule has 0 radical (unpaired) electrons. The van der Waals surface area contributed by atoms with Crippen LogP contribution >= 0.6 is 0 Å². The number of hydrogen-bond acceptors (Lipinski definition) is 22. The second-order valence-electron chi connectivity index (χ2n) is 11.8. The summed E-state index contributed by atoms with van der Waals surface area (Å²) in [6.07, 6.45) is 2.32. The molecule has 4 rings (SSSR count). The van der Waals surface area contributed by atoms with Gasteiger partial charge in [-0.15, -0.1) is 0 Å². The van der Waals surface area contributed by atoms with Crippen molar-refractivity contribution in [1.82, 2.24) is 29.9 Å². The van der Waals surface area contributed by atoms with Gasteiger partial charge >= 0.3 is 35.6 Å². The van der Waals surface area contributed by atoms with Crippen LogP contribution in [0.5, 0.6) is 6.01 Å². The fourth-order valence-electron chi connectivity index (χ4n) is 5.06. The molecule has 0 bridgehead atoms. The van der Waals surface area contributed by atoms with Gasteiger partial charge in [-0.2, -0.15) is 55.2 Å². The summed E-state index contributed by atoms with van der Waals surface area (Å²) in [7, 11) is -13.0. The number of aromatic nitrogens is 6. The molecule has 4 aromatic rings. The van der Waals surface area contributed by atoms with Gasteiger partial charge in [0.15, 0.2) is 0 Å². The summed E-state index contributed by atoms with van der Waals surface area (Å²) >= 11 is 0. The van der Waals surface area contributed by atoms with E-state index >= 15 is 0 Å². The minimum absolute atomic E-state index is 0. The topological polar surface area (TPSA) is 373 Å². The maximum atomic E-state index is 12.6. The number of aliphatic hydroxyl groups is 4. The molecule has 25 nitrogen and oxygen atoms in total. The molecule has 324 valence electrons. The van der Waals surface area contributed by atoms with Crippen LogP contribution in [0.2, 0.25) is 0 Å². The van der Waals surface area contributed by atoms with Gasteiger partial charge in [0.1, 0.15) is 9.79 Å². The number of methoxy groups -OCH3 is 1. The van der Waals surface area contributed by atoms with Gasteiger partial charge in [-0.25, -0.2) is 0 Å². The van der Waals surface area contributed by atoms with Crippen molar-refractivity contribution in [2.24, 2.45) is 0 Å². The van der Waals surface area contributed by atoms with Gasteiger partial charge in [-0.1, -0.05) is 24.3 Å². The molecule has 0 aliphatic heterocycles. The van der Waals surface area contributed by atoms with Crippen molar-refractivity contribution in [3.8, 4) is 6.01 Å². The van der Waals surface area contributed by atoms with E-state index in [0.29, 0.717) is 0 Å². The second kappa shape index (κ2) is 22.4. The Kier molecular flexibility index (Phi) is 18.7. The number of ether oxygens (including phenoxy) is 1. The summed E-state index contributed by atoms with van der Waals surface area (Å²) in [6.45, 7) is -1.61. The Balaban J connectivity index is 0.00000961. The molecule has 0 atom stereocenters. The van der Waals surface area contributed by atoms with Crippen molar-refractivity contribution in [2.75, 3.05) is 97.8 Å². The summed E-state index contributed by atoms with van der Waals surface area (Å²) in [5.41, 5.74) is -0.195. The number of rotatable bonds is 23. The van der Waals surface area contributed by atoms with Crippen LogP contribution in [-0.4, -0.2) is 191 Å². The van der Waals surface area contributed by atoms with Crippen LogP contribution in [0, 0.1) is 0 Å². The van der Waals surface area contributed by atoms with Crippen molar-refractivity contribution in [3.63, 3.8) is 0 Å². The fraction of sp³-hybridized carbons (Fsp3) is 0.355. The minimum atomic E-state index is -4.97. The fourth-order valence-corrected chi connectivity index (χ4v) is 6.84. The molecule has 0 saturated heterocycles. The SMILES string of the molecule is COc1nc(Nc2ccc(C=Cc3ccc(Nc4nc(NCCS(=O)(=O)O)nc(N(CCO)CCO)n4)cc3S(=O)(=O)O)c(S(=O)(=O)O)c2)nc(N(CCO)CCO)n1.[NaH]. The van der Waals surface area contributed by atoms with E-state index in [9.17, 15) is 54.8 Å². The molecular weight excluding hydrogens is 870 g/mol. The number of benzene rings is 2. The number of hydrogen-bond donors (Lipinski definition) is 10. The zero-order chi connectivity index (χ0) is 43.4. The molecule has 2 heterocycles. The molecule has 0 fully saturated rings. The Bertz CT molecular complexity index is 2440. The molecule has 0 amide bonds. The van der Waals surface area contributed by atoms with Crippen LogP contribution in [0.15, 0.2) is 46.2 Å². The predicted molar refractivity (Wildman–Crippen MR) is 219 cm³/mol. The summed E-state index contributed by atoms with van der Waals surface area (Å²) in [5, 5.41) is 45.9. The number of aliphatic hydroxyl groups excluding tert-OH is 4. The van der Waals surface area contributed by atoms with Gasteiger partial charge < -0.3 is 50.9 Å². The van der Waals surface area contributed by atoms with Crippen molar-refractivity contribution < 1.29 is 64.1 Å². The number of anilines is 7. The third-order valence-electron chi connectivity index (χ3n) is 7.64. The van der Waals surface area contributed by atoms with E-state index in [0.717, 1.165) is 24.3 Å². The maximum absolute atomic E-state index is 12.6. The van der Waals surface area contributed by atoms with E-state index in [1.807, 2.05) is 0 Å². The standard InChI is InChI=1S/C31H41N11O14S3.Na.H/c1-56-31-39-28(38-30(40-31)42(11-15-45)12-16-46)34-23-7-5-21(25(19-23)59(53,54)55)3-2-20-4-6-22(18-24(20)58(50,51)52)33-27-35-26(32-8-17-57(47,48)49)36-29(37-27)41(9-13-43)10-14-44;;/h2-7,18-19,43-46H,8-17H2,1H3,(H,47,48,49)(H,50,51,52)(H,53,54,55)(H,34,38,39,40)(H2,32,33,35,36,37);;. The molecule has 2 aromatic carbocycles. The number of nitrogens with one attached hydrogen (secondary N) is 3. The molecule has 0 spiro atoms. The van der Waals surface area contributed by atoms with E-state index in [4.69, 9.17) is 9.29 Å². The first-order chi connectivity index (χ1) is 27.9. The first-order valence-electron chi connectivity index (χ1n) is 17.0. The van der Waals surface area contributed by atoms with E-state index in [2.05, 4.69) is 45.9 Å². The van der Waals surface area contributed by atoms with Crippen molar-refractivity contribution in [2.45, 2.75) is 9.79 Å². The molecule has 0 aliphatic carbocycles. The first-order valence-corrected chi connectivity index (χ1v) is 21.5. The average Bonchev–Trinajstić information content (AvgIpc) is 3.16. The first kappa shape index (κ1) is 49.9. The molecule has 60 heavy (non-hydrogen) atoms. The number of nitrogens with zero attached hydrogens (tertiary/aromatic N) is 8. The molecule has 2 aromatic heterocycles. The normalized spacial score (nSPS) is 11.9. The van der Waals surface area contributed by atoms with Gasteiger partial charge in [0.05, 0.1) is 39.3 Å². The van der Waals surface area contributed by atoms with Gasteiger partial charge in [0, 0.05) is 44.1 Å². The van der Waals surface area contributed by atoms with Gasteiger partial charge in [0.2, 0.25) is 29.7 Å². The van der Waals surface area contributed by atoms with E-state index < -0.39 is 45.9 Å². The summed E-state index contributed by atoms with van der Waals surface area (Å²) in [6, 6.07) is 7.13. The third-order valence-corrected chi connectivity index (χ3v) is 10.2. The zero-order valence-electron chi connectivity index (χ0n) is 31.0. The van der Waals surface area contributed by atoms with Crippen molar-refractivity contribution in [3.05, 3.63) is 47.5 Å². The molecule has 29 heteroatoms. The van der Waals surface area contributed by atoms with Gasteiger partial charge in [-0.05, 0) is 35.4 Å². The molecule has 0 aliphatic rings. The van der Waals surface area contributed by atoms with Gasteiger partial charge in [0.25, 0.3) is 30.4 Å². The van der Waals surface area contributed by atoms with E-state index in [-0.39, 0.29) is 147 Å². The summed E-state index contributed by atoms with van der Waals surface area (Å²) < 4.78 is 107. The zero-order valence-corrected chi connectivity index (χ0v) is 33.4. The second-order valence-corrected chi connectivity index (χ2v) is 16.2. The van der Waals surface area contributed by atoms with Crippen molar-refractivity contribution in [1.29, 1.82) is 0 Å². The van der Waals surface area contributed by atoms with Crippen LogP contribution < -0.4 is 30.5 Å². The van der Waals surface area contributed by atoms with Crippen LogP contribution in [-0.2, 0) is 30.4 Å². The molecule has 10 N–H and O–H groups in total.